The summed E-state index contributed by atoms with van der Waals surface area (Å²) in [7, 11) is 10.2. The van der Waals surface area contributed by atoms with Crippen LogP contribution in [0.25, 0.3) is 0 Å². The van der Waals surface area contributed by atoms with Crippen LogP contribution in [0.2, 0.25) is 0 Å². The molecule has 4 aromatic carbocycles. The quantitative estimate of drug-likeness (QED) is 0.0598. The molecule has 0 aliphatic rings. The summed E-state index contributed by atoms with van der Waals surface area (Å²) in [6.45, 7) is 4.98. The molecule has 0 N–H and O–H groups in total. The molecule has 0 radical (unpaired) electrons. The summed E-state index contributed by atoms with van der Waals surface area (Å²) < 4.78 is 4.26. The molecule has 0 fully saturated rings. The molecule has 0 spiro atoms. The van der Waals surface area contributed by atoms with Crippen molar-refractivity contribution < 1.29 is 4.57 Å². The van der Waals surface area contributed by atoms with Crippen molar-refractivity contribution in [2.75, 3.05) is 56.0 Å². The van der Waals surface area contributed by atoms with E-state index in [1.165, 1.54) is 5.69 Å². The van der Waals surface area contributed by atoms with Crippen LogP contribution in [0.15, 0.2) is 136 Å². The molecule has 5 aromatic rings. The smallest absolute Gasteiger partial charge is 0.243 e. The predicted molar refractivity (Wildman–Crippen MR) is 195 cm³/mol. The highest BCUT2D eigenvalue weighted by atomic mass is 15.2. The Balaban J connectivity index is 1.24. The Morgan fingerprint density at radius 1 is 0.702 bits per heavy atom. The van der Waals surface area contributed by atoms with Gasteiger partial charge in [0.25, 0.3) is 0 Å². The highest BCUT2D eigenvalue weighted by Crippen LogP contribution is 2.23. The van der Waals surface area contributed by atoms with Crippen LogP contribution in [0.4, 0.5) is 28.4 Å². The lowest BCUT2D eigenvalue weighted by Crippen LogP contribution is -2.39. The van der Waals surface area contributed by atoms with E-state index in [2.05, 4.69) is 131 Å². The Kier molecular flexibility index (Phi) is 10.9. The number of imidazole rings is 1. The maximum atomic E-state index is 4.67. The van der Waals surface area contributed by atoms with Gasteiger partial charge in [-0.2, -0.15) is 15.3 Å². The normalized spacial score (nSPS) is 11.3. The summed E-state index contributed by atoms with van der Waals surface area (Å²) in [5.74, 6) is 0. The summed E-state index contributed by atoms with van der Waals surface area (Å²) in [5, 5.41) is 18.0. The SMILES string of the molecule is CCN(CC[n+]1ccn(C)c1)c1ccc(N=Nc2ccc(/C=N/N=C(c3ccc(N(C)C)cc3)c3ccc(N(C)C)cc3)cc2)cc1. The Hall–Kier alpha value is -5.57. The lowest BCUT2D eigenvalue weighted by Gasteiger charge is -2.22. The van der Waals surface area contributed by atoms with Crippen LogP contribution in [0.3, 0.4) is 0 Å². The predicted octanol–water partition coefficient (Wildman–Crippen LogP) is 7.26. The van der Waals surface area contributed by atoms with Gasteiger partial charge in [-0.15, -0.1) is 5.10 Å². The van der Waals surface area contributed by atoms with E-state index >= 15 is 0 Å². The van der Waals surface area contributed by atoms with Crippen LogP contribution in [-0.2, 0) is 13.6 Å². The van der Waals surface area contributed by atoms with Crippen LogP contribution < -0.4 is 19.3 Å². The van der Waals surface area contributed by atoms with Gasteiger partial charge in [-0.3, -0.25) is 0 Å². The van der Waals surface area contributed by atoms with Crippen molar-refractivity contribution in [1.82, 2.24) is 4.57 Å². The monoisotopic (exact) mass is 626 g/mol. The molecule has 0 saturated carbocycles. The Bertz CT molecular complexity index is 1740. The van der Waals surface area contributed by atoms with Crippen molar-refractivity contribution in [2.24, 2.45) is 27.5 Å². The lowest BCUT2D eigenvalue weighted by atomic mass is 10.0. The zero-order valence-corrected chi connectivity index (χ0v) is 28.2. The summed E-state index contributed by atoms with van der Waals surface area (Å²) in [4.78, 5) is 6.52. The molecule has 0 aliphatic carbocycles. The van der Waals surface area contributed by atoms with E-state index in [-0.39, 0.29) is 0 Å². The Morgan fingerprint density at radius 2 is 1.21 bits per heavy atom. The first-order chi connectivity index (χ1) is 22.8. The number of aromatic nitrogens is 2. The average Bonchev–Trinajstić information content (AvgIpc) is 3.52. The number of benzene rings is 4. The van der Waals surface area contributed by atoms with Gasteiger partial charge in [-0.1, -0.05) is 36.4 Å². The van der Waals surface area contributed by atoms with E-state index in [0.717, 1.165) is 64.8 Å². The number of nitrogens with zero attached hydrogens (tertiary/aromatic N) is 9. The Labute approximate surface area is 278 Å². The van der Waals surface area contributed by atoms with Crippen molar-refractivity contribution in [3.63, 3.8) is 0 Å². The van der Waals surface area contributed by atoms with Crippen molar-refractivity contribution in [3.8, 4) is 0 Å². The first-order valence-electron chi connectivity index (χ1n) is 15.8. The van der Waals surface area contributed by atoms with E-state index in [9.17, 15) is 0 Å². The Morgan fingerprint density at radius 3 is 1.68 bits per heavy atom. The minimum absolute atomic E-state index is 0.771. The summed E-state index contributed by atoms with van der Waals surface area (Å²) in [6, 6.07) is 32.8. The molecule has 47 heavy (non-hydrogen) atoms. The van der Waals surface area contributed by atoms with Gasteiger partial charge < -0.3 is 14.7 Å². The van der Waals surface area contributed by atoms with Gasteiger partial charge in [0.2, 0.25) is 6.33 Å². The molecule has 0 amide bonds. The van der Waals surface area contributed by atoms with Gasteiger partial charge in [-0.25, -0.2) is 9.13 Å². The first-order valence-corrected chi connectivity index (χ1v) is 15.8. The maximum absolute atomic E-state index is 4.67. The minimum atomic E-state index is 0.771. The number of likely N-dealkylation sites (N-methyl/N-ethyl adjacent to an activating group) is 1. The third kappa shape index (κ3) is 9.00. The average molecular weight is 627 g/mol. The molecule has 0 aliphatic heterocycles. The van der Waals surface area contributed by atoms with Gasteiger partial charge in [0.1, 0.15) is 24.7 Å². The van der Waals surface area contributed by atoms with E-state index in [4.69, 9.17) is 0 Å². The van der Waals surface area contributed by atoms with Crippen molar-refractivity contribution in [3.05, 3.63) is 132 Å². The number of azo groups is 1. The van der Waals surface area contributed by atoms with Gasteiger partial charge >= 0.3 is 0 Å². The van der Waals surface area contributed by atoms with Crippen LogP contribution in [0, 0.1) is 0 Å². The fourth-order valence-electron chi connectivity index (χ4n) is 5.08. The molecule has 0 unspecified atom stereocenters. The largest absolute Gasteiger partial charge is 0.378 e. The van der Waals surface area contributed by atoms with Crippen molar-refractivity contribution in [2.45, 2.75) is 13.5 Å². The second kappa shape index (κ2) is 15.6. The molecular formula is C38H44N9+. The lowest BCUT2D eigenvalue weighted by molar-refractivity contribution is -0.693. The van der Waals surface area contributed by atoms with Gasteiger partial charge in [0.05, 0.1) is 31.2 Å². The first kappa shape index (κ1) is 32.8. The molecule has 1 aromatic heterocycles. The third-order valence-electron chi connectivity index (χ3n) is 7.90. The highest BCUT2D eigenvalue weighted by Gasteiger charge is 2.10. The highest BCUT2D eigenvalue weighted by molar-refractivity contribution is 6.13. The topological polar surface area (TPSA) is 68.0 Å². The van der Waals surface area contributed by atoms with Crippen LogP contribution in [0.1, 0.15) is 23.6 Å². The molecule has 0 atom stereocenters. The van der Waals surface area contributed by atoms with E-state index in [1.807, 2.05) is 71.6 Å². The second-order valence-electron chi connectivity index (χ2n) is 11.8. The molecular weight excluding hydrogens is 582 g/mol. The van der Waals surface area contributed by atoms with Crippen LogP contribution in [-0.4, -0.2) is 57.8 Å². The number of aryl methyl sites for hydroxylation is 1. The summed E-state index contributed by atoms with van der Waals surface area (Å²) >= 11 is 0. The molecule has 9 nitrogen and oxygen atoms in total. The molecule has 9 heteroatoms. The molecule has 1 heterocycles. The maximum Gasteiger partial charge on any atom is 0.243 e. The number of hydrogen-bond acceptors (Lipinski definition) is 7. The van der Waals surface area contributed by atoms with Gasteiger partial charge in [0.15, 0.2) is 0 Å². The third-order valence-corrected chi connectivity index (χ3v) is 7.90. The molecule has 0 saturated heterocycles. The number of rotatable bonds is 13. The second-order valence-corrected chi connectivity index (χ2v) is 11.8. The van der Waals surface area contributed by atoms with E-state index in [0.29, 0.717) is 0 Å². The standard InChI is InChI=1S/C38H44N9/c1-7-47(27-26-46-25-24-45(6)29-46)37-22-16-34(17-23-37)41-40-33-14-8-30(9-15-33)28-39-42-38(31-10-18-35(19-11-31)43(2)3)32-12-20-36(21-13-32)44(4)5/h8-25,28-29H,7,26-27H2,1-6H3/q+1/b39-28+,41-40?. The van der Waals surface area contributed by atoms with Gasteiger partial charge in [-0.05, 0) is 73.2 Å². The van der Waals surface area contributed by atoms with E-state index in [1.54, 1.807) is 6.21 Å². The van der Waals surface area contributed by atoms with Gasteiger partial charge in [0, 0.05) is 62.9 Å². The van der Waals surface area contributed by atoms with Crippen molar-refractivity contribution >= 4 is 40.4 Å². The minimum Gasteiger partial charge on any atom is -0.378 e. The van der Waals surface area contributed by atoms with Crippen molar-refractivity contribution in [1.29, 1.82) is 0 Å². The summed E-state index contributed by atoms with van der Waals surface area (Å²) in [5.41, 5.74) is 8.76. The fourth-order valence-corrected chi connectivity index (χ4v) is 5.08. The molecule has 0 bridgehead atoms. The summed E-state index contributed by atoms with van der Waals surface area (Å²) in [6.07, 6.45) is 8.01. The zero-order valence-electron chi connectivity index (χ0n) is 28.2. The van der Waals surface area contributed by atoms with E-state index < -0.39 is 0 Å². The van der Waals surface area contributed by atoms with Crippen LogP contribution in [0.5, 0.6) is 0 Å². The number of hydrogen-bond donors (Lipinski definition) is 0. The van der Waals surface area contributed by atoms with Crippen LogP contribution >= 0.6 is 0 Å². The zero-order chi connectivity index (χ0) is 33.2. The molecule has 240 valence electrons. The molecule has 5 rings (SSSR count). The fraction of sp³-hybridized carbons (Fsp3) is 0.237. The number of anilines is 3.